The minimum atomic E-state index is -0.257. The Labute approximate surface area is 176 Å². The number of amides is 2. The number of nitrogens with two attached hydrogens (primary N) is 1. The summed E-state index contributed by atoms with van der Waals surface area (Å²) < 4.78 is 0. The molecule has 2 aliphatic carbocycles. The summed E-state index contributed by atoms with van der Waals surface area (Å²) >= 11 is 11.8. The van der Waals surface area contributed by atoms with Gasteiger partial charge in [-0.3, -0.25) is 9.59 Å². The highest BCUT2D eigenvalue weighted by molar-refractivity contribution is 6.42. The van der Waals surface area contributed by atoms with Crippen molar-refractivity contribution in [1.29, 1.82) is 0 Å². The number of hydrogen-bond acceptors (Lipinski definition) is 3. The molecule has 150 valence electrons. The van der Waals surface area contributed by atoms with Crippen LogP contribution in [0, 0.1) is 17.8 Å². The van der Waals surface area contributed by atoms with Gasteiger partial charge in [0.15, 0.2) is 0 Å². The highest BCUT2D eigenvalue weighted by Crippen LogP contribution is 2.42. The van der Waals surface area contributed by atoms with E-state index in [1.807, 2.05) is 0 Å². The third-order valence-corrected chi connectivity index (χ3v) is 6.46. The standard InChI is InChI=1S/C19H25Cl2N3O2.ClH/c1-24(10-17(25)23-14-5-6-15(20)16(21)9-14)19(26)13-7-11-3-2-4-12(8-13)18(11)22;/h5-6,9,11-13,18H,2-4,7-8,10,22H2,1H3,(H,23,25);1H. The van der Waals surface area contributed by atoms with Gasteiger partial charge in [0.2, 0.25) is 11.8 Å². The van der Waals surface area contributed by atoms with Gasteiger partial charge in [-0.1, -0.05) is 29.6 Å². The zero-order valence-electron chi connectivity index (χ0n) is 15.3. The van der Waals surface area contributed by atoms with E-state index in [1.165, 1.54) is 11.3 Å². The van der Waals surface area contributed by atoms with Crippen molar-refractivity contribution in [1.82, 2.24) is 4.90 Å². The van der Waals surface area contributed by atoms with E-state index < -0.39 is 0 Å². The molecule has 2 bridgehead atoms. The molecule has 0 aliphatic heterocycles. The SMILES string of the molecule is CN(CC(=O)Nc1ccc(Cl)c(Cl)c1)C(=O)C1CC2CCCC(C1)C2N.Cl. The monoisotopic (exact) mass is 433 g/mol. The molecule has 0 aromatic heterocycles. The molecule has 27 heavy (non-hydrogen) atoms. The van der Waals surface area contributed by atoms with Crippen molar-refractivity contribution in [3.05, 3.63) is 28.2 Å². The molecule has 5 nitrogen and oxygen atoms in total. The Kier molecular flexibility index (Phi) is 7.81. The van der Waals surface area contributed by atoms with Gasteiger partial charge in [0.25, 0.3) is 0 Å². The largest absolute Gasteiger partial charge is 0.336 e. The molecule has 2 aliphatic rings. The van der Waals surface area contributed by atoms with Crippen LogP contribution in [-0.2, 0) is 9.59 Å². The molecule has 1 aromatic carbocycles. The molecule has 2 fully saturated rings. The van der Waals surface area contributed by atoms with E-state index in [-0.39, 0.29) is 42.7 Å². The Bertz CT molecular complexity index is 687. The Hall–Kier alpha value is -1.01. The fourth-order valence-electron chi connectivity index (χ4n) is 4.37. The van der Waals surface area contributed by atoms with E-state index in [0.717, 1.165) is 25.7 Å². The first-order valence-electron chi connectivity index (χ1n) is 9.10. The molecule has 0 radical (unpaired) electrons. The van der Waals surface area contributed by atoms with Crippen molar-refractivity contribution in [3.63, 3.8) is 0 Å². The normalized spacial score (nSPS) is 26.7. The van der Waals surface area contributed by atoms with Crippen molar-refractivity contribution >= 4 is 53.1 Å². The lowest BCUT2D eigenvalue weighted by atomic mass is 9.65. The number of fused-ring (bicyclic) bond motifs is 2. The van der Waals surface area contributed by atoms with Crippen molar-refractivity contribution < 1.29 is 9.59 Å². The zero-order valence-corrected chi connectivity index (χ0v) is 17.6. The van der Waals surface area contributed by atoms with Gasteiger partial charge in [-0.2, -0.15) is 0 Å². The lowest BCUT2D eigenvalue weighted by Gasteiger charge is -2.44. The van der Waals surface area contributed by atoms with Crippen LogP contribution in [0.2, 0.25) is 10.0 Å². The number of rotatable bonds is 4. The van der Waals surface area contributed by atoms with Crippen LogP contribution in [0.5, 0.6) is 0 Å². The average Bonchev–Trinajstić information content (AvgIpc) is 2.57. The summed E-state index contributed by atoms with van der Waals surface area (Å²) in [5.74, 6) is 0.641. The van der Waals surface area contributed by atoms with Gasteiger partial charge in [0.1, 0.15) is 0 Å². The van der Waals surface area contributed by atoms with Gasteiger partial charge < -0.3 is 16.0 Å². The predicted octanol–water partition coefficient (Wildman–Crippen LogP) is 3.97. The summed E-state index contributed by atoms with van der Waals surface area (Å²) in [5.41, 5.74) is 6.86. The fraction of sp³-hybridized carbons (Fsp3) is 0.579. The number of nitrogens with zero attached hydrogens (tertiary/aromatic N) is 1. The molecule has 0 spiro atoms. The fourth-order valence-corrected chi connectivity index (χ4v) is 4.67. The van der Waals surface area contributed by atoms with Gasteiger partial charge >= 0.3 is 0 Å². The number of nitrogens with one attached hydrogen (secondary N) is 1. The van der Waals surface area contributed by atoms with Crippen molar-refractivity contribution in [2.24, 2.45) is 23.5 Å². The van der Waals surface area contributed by atoms with Gasteiger partial charge in [0.05, 0.1) is 16.6 Å². The summed E-state index contributed by atoms with van der Waals surface area (Å²) in [6.07, 6.45) is 5.13. The second-order valence-electron chi connectivity index (χ2n) is 7.57. The van der Waals surface area contributed by atoms with E-state index in [1.54, 1.807) is 25.2 Å². The van der Waals surface area contributed by atoms with Crippen LogP contribution in [0.4, 0.5) is 5.69 Å². The van der Waals surface area contributed by atoms with E-state index >= 15 is 0 Å². The van der Waals surface area contributed by atoms with Gasteiger partial charge in [-0.05, 0) is 55.7 Å². The highest BCUT2D eigenvalue weighted by Gasteiger charge is 2.41. The molecule has 3 N–H and O–H groups in total. The first-order chi connectivity index (χ1) is 12.3. The van der Waals surface area contributed by atoms with Crippen LogP contribution in [0.15, 0.2) is 18.2 Å². The minimum Gasteiger partial charge on any atom is -0.336 e. The van der Waals surface area contributed by atoms with Crippen molar-refractivity contribution in [2.75, 3.05) is 18.9 Å². The molecule has 2 atom stereocenters. The van der Waals surface area contributed by atoms with Gasteiger partial charge in [-0.25, -0.2) is 0 Å². The molecular formula is C19H26Cl3N3O2. The molecule has 0 heterocycles. The number of likely N-dealkylation sites (N-methyl/N-ethyl adjacent to an activating group) is 1. The number of halogens is 3. The number of anilines is 1. The summed E-state index contributed by atoms with van der Waals surface area (Å²) in [6.45, 7) is 0.0109. The topological polar surface area (TPSA) is 75.4 Å². The molecule has 0 saturated heterocycles. The Morgan fingerprint density at radius 3 is 2.41 bits per heavy atom. The number of hydrogen-bond donors (Lipinski definition) is 2. The molecule has 2 unspecified atom stereocenters. The molecule has 8 heteroatoms. The van der Waals surface area contributed by atoms with Gasteiger partial charge in [-0.15, -0.1) is 12.4 Å². The quantitative estimate of drug-likeness (QED) is 0.753. The van der Waals surface area contributed by atoms with E-state index in [4.69, 9.17) is 28.9 Å². The molecule has 3 rings (SSSR count). The molecule has 2 saturated carbocycles. The summed E-state index contributed by atoms with van der Waals surface area (Å²) in [4.78, 5) is 26.6. The summed E-state index contributed by atoms with van der Waals surface area (Å²) in [7, 11) is 1.68. The Morgan fingerprint density at radius 1 is 1.19 bits per heavy atom. The highest BCUT2D eigenvalue weighted by atomic mass is 35.5. The van der Waals surface area contributed by atoms with Crippen LogP contribution in [0.1, 0.15) is 32.1 Å². The summed E-state index contributed by atoms with van der Waals surface area (Å²) in [6, 6.07) is 5.12. The molecular weight excluding hydrogens is 409 g/mol. The van der Waals surface area contributed by atoms with Crippen molar-refractivity contribution in [3.8, 4) is 0 Å². The minimum absolute atomic E-state index is 0. The van der Waals surface area contributed by atoms with Crippen LogP contribution in [-0.4, -0.2) is 36.3 Å². The molecule has 2 amide bonds. The van der Waals surface area contributed by atoms with E-state index in [0.29, 0.717) is 27.6 Å². The Balaban J connectivity index is 0.00000261. The maximum absolute atomic E-state index is 12.8. The number of carbonyl (C=O) groups excluding carboxylic acids is 2. The third kappa shape index (κ3) is 5.29. The second kappa shape index (κ2) is 9.46. The van der Waals surface area contributed by atoms with Crippen molar-refractivity contribution in [2.45, 2.75) is 38.1 Å². The predicted molar refractivity (Wildman–Crippen MR) is 112 cm³/mol. The number of carbonyl (C=O) groups is 2. The van der Waals surface area contributed by atoms with Crippen LogP contribution in [0.25, 0.3) is 0 Å². The smallest absolute Gasteiger partial charge is 0.243 e. The Morgan fingerprint density at radius 2 is 1.81 bits per heavy atom. The maximum Gasteiger partial charge on any atom is 0.243 e. The first kappa shape index (κ1) is 22.3. The molecule has 1 aromatic rings. The van der Waals surface area contributed by atoms with Gasteiger partial charge in [0, 0.05) is 24.7 Å². The zero-order chi connectivity index (χ0) is 18.8. The lowest BCUT2D eigenvalue weighted by molar-refractivity contribution is -0.139. The third-order valence-electron chi connectivity index (χ3n) is 5.72. The number of benzene rings is 1. The first-order valence-corrected chi connectivity index (χ1v) is 9.86. The second-order valence-corrected chi connectivity index (χ2v) is 8.38. The average molecular weight is 435 g/mol. The van der Waals surface area contributed by atoms with E-state index in [9.17, 15) is 9.59 Å². The lowest BCUT2D eigenvalue weighted by Crippen LogP contribution is -2.49. The van der Waals surface area contributed by atoms with Crippen LogP contribution >= 0.6 is 35.6 Å². The van der Waals surface area contributed by atoms with E-state index in [2.05, 4.69) is 5.32 Å². The van der Waals surface area contributed by atoms with Crippen LogP contribution in [0.3, 0.4) is 0 Å². The summed E-state index contributed by atoms with van der Waals surface area (Å²) in [5, 5.41) is 3.55. The van der Waals surface area contributed by atoms with Crippen LogP contribution < -0.4 is 11.1 Å². The maximum atomic E-state index is 12.8.